The quantitative estimate of drug-likeness (QED) is 0.337. The van der Waals surface area contributed by atoms with Crippen molar-refractivity contribution in [2.24, 2.45) is 0 Å². The van der Waals surface area contributed by atoms with Crippen molar-refractivity contribution >= 4 is 32.3 Å². The molecule has 4 N–H and O–H groups in total. The van der Waals surface area contributed by atoms with Crippen LogP contribution in [-0.4, -0.2) is 20.4 Å². The molecule has 0 atom stereocenters. The van der Waals surface area contributed by atoms with Crippen molar-refractivity contribution in [1.29, 1.82) is 0 Å². The van der Waals surface area contributed by atoms with Crippen molar-refractivity contribution < 1.29 is 0 Å². The summed E-state index contributed by atoms with van der Waals surface area (Å²) in [6.45, 7) is 0. The zero-order valence-electron chi connectivity index (χ0n) is 10.9. The summed E-state index contributed by atoms with van der Waals surface area (Å²) in [5.41, 5.74) is -1.74. The number of rotatable bonds is 0. The number of hydrogen-bond acceptors (Lipinski definition) is 4. The van der Waals surface area contributed by atoms with Crippen LogP contribution in [0.15, 0.2) is 43.4 Å². The molecule has 22 heavy (non-hydrogen) atoms. The van der Waals surface area contributed by atoms with E-state index in [1.807, 2.05) is 0 Å². The van der Waals surface area contributed by atoms with Crippen LogP contribution in [-0.2, 0) is 0 Å². The van der Waals surface area contributed by atoms with Crippen molar-refractivity contribution in [3.63, 3.8) is 0 Å². The van der Waals surface area contributed by atoms with Gasteiger partial charge in [-0.15, -0.1) is 0 Å². The molecule has 0 unspecified atom stereocenters. The molecule has 0 fully saturated rings. The summed E-state index contributed by atoms with van der Waals surface area (Å²) < 4.78 is 0. The molecule has 0 amide bonds. The zero-order valence-corrected chi connectivity index (χ0v) is 10.9. The van der Waals surface area contributed by atoms with Gasteiger partial charge in [0, 0.05) is 0 Å². The monoisotopic (exact) mass is 296 g/mol. The van der Waals surface area contributed by atoms with Gasteiger partial charge in [-0.25, -0.2) is 0 Å². The molecule has 0 bridgehead atoms. The van der Waals surface area contributed by atoms with E-state index in [-0.39, 0.29) is 21.5 Å². The van der Waals surface area contributed by atoms with Crippen molar-refractivity contribution in [1.82, 2.24) is 20.4 Å². The third kappa shape index (κ3) is 1.57. The third-order valence-corrected chi connectivity index (χ3v) is 3.67. The summed E-state index contributed by atoms with van der Waals surface area (Å²) in [7, 11) is 0. The summed E-state index contributed by atoms with van der Waals surface area (Å²) >= 11 is 0. The van der Waals surface area contributed by atoms with Gasteiger partial charge < -0.3 is 0 Å². The topological polar surface area (TPSA) is 131 Å². The van der Waals surface area contributed by atoms with E-state index < -0.39 is 22.2 Å². The highest BCUT2D eigenvalue weighted by molar-refractivity contribution is 6.03. The highest BCUT2D eigenvalue weighted by Gasteiger charge is 2.09. The lowest BCUT2D eigenvalue weighted by Crippen LogP contribution is -2.19. The van der Waals surface area contributed by atoms with Crippen LogP contribution in [0.5, 0.6) is 0 Å². The molecule has 4 rings (SSSR count). The molecule has 0 saturated heterocycles. The molecular formula is C14H8N4O4. The van der Waals surface area contributed by atoms with Gasteiger partial charge in [-0.1, -0.05) is 0 Å². The smallest absolute Gasteiger partial charge is 0.267 e. The molecule has 2 aromatic carbocycles. The standard InChI is InChI=1S/C14H8N4O4/c19-11-7-1-5-2-9-10(14(22)18-17-13(9)21)4-6(5)3-8(7)12(20)16-15-11/h1-4H,(H,15,19)(H,16,20)(H,17,21)(H,18,22). The van der Waals surface area contributed by atoms with E-state index in [0.717, 1.165) is 0 Å². The molecule has 4 aromatic rings. The molecule has 0 radical (unpaired) electrons. The van der Waals surface area contributed by atoms with Crippen LogP contribution in [0.2, 0.25) is 0 Å². The lowest BCUT2D eigenvalue weighted by molar-refractivity contribution is 0.976. The largest absolute Gasteiger partial charge is 0.270 e. The van der Waals surface area contributed by atoms with Gasteiger partial charge in [0.2, 0.25) is 0 Å². The van der Waals surface area contributed by atoms with Gasteiger partial charge in [-0.2, -0.15) is 0 Å². The zero-order chi connectivity index (χ0) is 15.4. The first-order valence-corrected chi connectivity index (χ1v) is 6.38. The number of hydrogen-bond donors (Lipinski definition) is 4. The fourth-order valence-electron chi connectivity index (χ4n) is 2.60. The SMILES string of the molecule is O=c1[nH][nH]c(=O)c2cc3cc4c(=O)[nH][nH]c(=O)c4cc3cc12. The Balaban J connectivity index is 2.33. The number of fused-ring (bicyclic) bond motifs is 3. The molecule has 0 spiro atoms. The Morgan fingerprint density at radius 1 is 0.455 bits per heavy atom. The fourth-order valence-corrected chi connectivity index (χ4v) is 2.60. The molecule has 8 nitrogen and oxygen atoms in total. The molecule has 2 heterocycles. The van der Waals surface area contributed by atoms with Crippen LogP contribution < -0.4 is 22.2 Å². The summed E-state index contributed by atoms with van der Waals surface area (Å²) in [6, 6.07) is 6.11. The minimum atomic E-state index is -0.434. The molecule has 2 aromatic heterocycles. The van der Waals surface area contributed by atoms with Crippen LogP contribution in [0.1, 0.15) is 0 Å². The number of benzene rings is 2. The number of nitrogens with one attached hydrogen (secondary N) is 4. The van der Waals surface area contributed by atoms with E-state index >= 15 is 0 Å². The second kappa shape index (κ2) is 4.04. The molecule has 8 heteroatoms. The van der Waals surface area contributed by atoms with Crippen molar-refractivity contribution in [2.75, 3.05) is 0 Å². The highest BCUT2D eigenvalue weighted by atomic mass is 16.2. The molecular weight excluding hydrogens is 288 g/mol. The van der Waals surface area contributed by atoms with Gasteiger partial charge in [0.15, 0.2) is 0 Å². The normalized spacial score (nSPS) is 11.5. The van der Waals surface area contributed by atoms with Gasteiger partial charge in [-0.05, 0) is 35.0 Å². The van der Waals surface area contributed by atoms with Gasteiger partial charge in [0.25, 0.3) is 22.2 Å². The van der Waals surface area contributed by atoms with Crippen molar-refractivity contribution in [3.8, 4) is 0 Å². The Labute approximate surface area is 119 Å². The van der Waals surface area contributed by atoms with Crippen LogP contribution in [0.4, 0.5) is 0 Å². The first-order chi connectivity index (χ1) is 10.5. The Morgan fingerprint density at radius 2 is 0.682 bits per heavy atom. The summed E-state index contributed by atoms with van der Waals surface area (Å²) in [5, 5.41) is 11.1. The molecule has 0 aliphatic heterocycles. The van der Waals surface area contributed by atoms with Crippen molar-refractivity contribution in [3.05, 3.63) is 65.7 Å². The van der Waals surface area contributed by atoms with Gasteiger partial charge in [0.05, 0.1) is 21.5 Å². The van der Waals surface area contributed by atoms with E-state index in [1.54, 1.807) is 0 Å². The van der Waals surface area contributed by atoms with E-state index in [9.17, 15) is 19.2 Å². The van der Waals surface area contributed by atoms with E-state index in [1.165, 1.54) is 24.3 Å². The number of aromatic amines is 4. The molecule has 0 aliphatic carbocycles. The van der Waals surface area contributed by atoms with Crippen LogP contribution in [0, 0.1) is 0 Å². The first kappa shape index (κ1) is 12.3. The maximum atomic E-state index is 11.8. The van der Waals surface area contributed by atoms with E-state index in [0.29, 0.717) is 10.8 Å². The second-order valence-electron chi connectivity index (χ2n) is 4.96. The average Bonchev–Trinajstić information content (AvgIpc) is 2.52. The minimum absolute atomic E-state index is 0.219. The first-order valence-electron chi connectivity index (χ1n) is 6.38. The minimum Gasteiger partial charge on any atom is -0.267 e. The lowest BCUT2D eigenvalue weighted by atomic mass is 10.0. The fraction of sp³-hybridized carbons (Fsp3) is 0. The third-order valence-electron chi connectivity index (χ3n) is 3.67. The molecule has 108 valence electrons. The van der Waals surface area contributed by atoms with Gasteiger partial charge >= 0.3 is 0 Å². The Morgan fingerprint density at radius 3 is 0.909 bits per heavy atom. The van der Waals surface area contributed by atoms with E-state index in [2.05, 4.69) is 20.4 Å². The summed E-state index contributed by atoms with van der Waals surface area (Å²) in [5.74, 6) is 0. The van der Waals surface area contributed by atoms with Crippen molar-refractivity contribution in [2.45, 2.75) is 0 Å². The maximum absolute atomic E-state index is 11.8. The number of aromatic nitrogens is 4. The lowest BCUT2D eigenvalue weighted by Gasteiger charge is -2.03. The Kier molecular flexibility index (Phi) is 2.27. The predicted molar refractivity (Wildman–Crippen MR) is 81.4 cm³/mol. The van der Waals surface area contributed by atoms with E-state index in [4.69, 9.17) is 0 Å². The van der Waals surface area contributed by atoms with Gasteiger partial charge in [-0.3, -0.25) is 39.6 Å². The van der Waals surface area contributed by atoms with Crippen LogP contribution in [0.25, 0.3) is 32.3 Å². The summed E-state index contributed by atoms with van der Waals surface area (Å²) in [6.07, 6.45) is 0. The molecule has 0 saturated carbocycles. The second-order valence-corrected chi connectivity index (χ2v) is 4.96. The van der Waals surface area contributed by atoms with Gasteiger partial charge in [0.1, 0.15) is 0 Å². The van der Waals surface area contributed by atoms with Crippen LogP contribution in [0.3, 0.4) is 0 Å². The predicted octanol–water partition coefficient (Wildman–Crippen LogP) is -0.101. The van der Waals surface area contributed by atoms with Crippen LogP contribution >= 0.6 is 0 Å². The Bertz CT molecular complexity index is 1110. The maximum Gasteiger partial charge on any atom is 0.270 e. The Hall–Kier alpha value is -3.42. The highest BCUT2D eigenvalue weighted by Crippen LogP contribution is 2.21. The molecule has 0 aliphatic rings. The summed E-state index contributed by atoms with van der Waals surface area (Å²) in [4.78, 5) is 47.2. The average molecular weight is 296 g/mol. The number of H-pyrrole nitrogens is 4.